The number of nitrogens with zero attached hydrogens (tertiary/aromatic N) is 1. The fraction of sp³-hybridized carbons (Fsp3) is 0.571. The van der Waals surface area contributed by atoms with Crippen molar-refractivity contribution < 1.29 is 14.8 Å². The maximum atomic E-state index is 9.26. The molecule has 1 heterocycles. The first-order valence-corrected chi connectivity index (χ1v) is 6.66. The molecule has 19 heavy (non-hydrogen) atoms. The van der Waals surface area contributed by atoms with Gasteiger partial charge in [-0.2, -0.15) is 0 Å². The molecule has 1 saturated heterocycles. The van der Waals surface area contributed by atoms with Gasteiger partial charge < -0.3 is 14.8 Å². The van der Waals surface area contributed by atoms with Crippen molar-refractivity contribution in [2.45, 2.75) is 26.8 Å². The van der Waals surface area contributed by atoms with E-state index in [0.29, 0.717) is 10.9 Å². The molecule has 0 spiro atoms. The molecule has 1 fully saturated rings. The van der Waals surface area contributed by atoms with E-state index in [-0.39, 0.29) is 0 Å². The smallest absolute Gasteiger partial charge is 0.488 e. The van der Waals surface area contributed by atoms with E-state index in [0.717, 1.165) is 30.9 Å². The van der Waals surface area contributed by atoms with Crippen LogP contribution in [-0.2, 0) is 6.54 Å². The van der Waals surface area contributed by atoms with Crippen molar-refractivity contribution in [3.05, 3.63) is 23.8 Å². The molecule has 0 radical (unpaired) electrons. The fourth-order valence-corrected chi connectivity index (χ4v) is 2.68. The van der Waals surface area contributed by atoms with Gasteiger partial charge in [-0.3, -0.25) is 4.90 Å². The molecule has 5 heteroatoms. The van der Waals surface area contributed by atoms with Gasteiger partial charge in [-0.25, -0.2) is 0 Å². The quantitative estimate of drug-likeness (QED) is 0.781. The monoisotopic (exact) mass is 263 g/mol. The summed E-state index contributed by atoms with van der Waals surface area (Å²) in [6.07, 6.45) is 1.19. The highest BCUT2D eigenvalue weighted by atomic mass is 16.5. The molecule has 0 saturated carbocycles. The lowest BCUT2D eigenvalue weighted by Crippen LogP contribution is -2.31. The zero-order chi connectivity index (χ0) is 14.0. The van der Waals surface area contributed by atoms with Crippen LogP contribution in [0.1, 0.15) is 25.8 Å². The highest BCUT2D eigenvalue weighted by Crippen LogP contribution is 2.30. The van der Waals surface area contributed by atoms with Crippen LogP contribution in [0, 0.1) is 5.41 Å². The van der Waals surface area contributed by atoms with Gasteiger partial charge in [0.1, 0.15) is 5.75 Å². The van der Waals surface area contributed by atoms with Crippen LogP contribution >= 0.6 is 0 Å². The Morgan fingerprint density at radius 3 is 2.63 bits per heavy atom. The van der Waals surface area contributed by atoms with E-state index in [2.05, 4.69) is 18.7 Å². The van der Waals surface area contributed by atoms with E-state index < -0.39 is 7.12 Å². The van der Waals surface area contributed by atoms with Crippen molar-refractivity contribution in [3.63, 3.8) is 0 Å². The van der Waals surface area contributed by atoms with E-state index in [1.807, 2.05) is 6.07 Å². The molecule has 4 nitrogen and oxygen atoms in total. The minimum absolute atomic E-state index is 0.362. The van der Waals surface area contributed by atoms with E-state index in [1.54, 1.807) is 19.2 Å². The summed E-state index contributed by atoms with van der Waals surface area (Å²) >= 11 is 0. The lowest BCUT2D eigenvalue weighted by Gasteiger charge is -2.21. The van der Waals surface area contributed by atoms with Crippen molar-refractivity contribution in [2.24, 2.45) is 5.41 Å². The van der Waals surface area contributed by atoms with E-state index in [1.165, 1.54) is 6.42 Å². The molecule has 0 atom stereocenters. The first kappa shape index (κ1) is 14.4. The van der Waals surface area contributed by atoms with Gasteiger partial charge in [0.15, 0.2) is 0 Å². The van der Waals surface area contributed by atoms with Gasteiger partial charge >= 0.3 is 7.12 Å². The fourth-order valence-electron chi connectivity index (χ4n) is 2.68. The Balaban J connectivity index is 2.16. The molecule has 104 valence electrons. The Morgan fingerprint density at radius 2 is 2.11 bits per heavy atom. The summed E-state index contributed by atoms with van der Waals surface area (Å²) in [4.78, 5) is 2.38. The van der Waals surface area contributed by atoms with Crippen molar-refractivity contribution in [1.29, 1.82) is 0 Å². The second kappa shape index (κ2) is 5.53. The van der Waals surface area contributed by atoms with E-state index in [4.69, 9.17) is 4.74 Å². The SMILES string of the molecule is COc1ccc(B(O)O)cc1CN1CCC(C)(C)C1. The summed E-state index contributed by atoms with van der Waals surface area (Å²) < 4.78 is 5.35. The van der Waals surface area contributed by atoms with Gasteiger partial charge in [0.2, 0.25) is 0 Å². The topological polar surface area (TPSA) is 52.9 Å². The molecule has 0 bridgehead atoms. The number of hydrogen-bond acceptors (Lipinski definition) is 4. The van der Waals surface area contributed by atoms with Crippen LogP contribution in [-0.4, -0.2) is 42.3 Å². The standard InChI is InChI=1S/C14H22BNO3/c1-14(2)6-7-16(10-14)9-11-8-12(15(17)18)4-5-13(11)19-3/h4-5,8,17-18H,6-7,9-10H2,1-3H3. The molecule has 0 aromatic heterocycles. The molecule has 1 aromatic rings. The summed E-state index contributed by atoms with van der Waals surface area (Å²) in [5, 5.41) is 18.5. The average Bonchev–Trinajstić information content (AvgIpc) is 2.68. The minimum atomic E-state index is -1.43. The Bertz CT molecular complexity index is 448. The highest BCUT2D eigenvalue weighted by Gasteiger charge is 2.29. The van der Waals surface area contributed by atoms with Gasteiger partial charge in [-0.05, 0) is 29.9 Å². The van der Waals surface area contributed by atoms with Gasteiger partial charge in [0, 0.05) is 18.7 Å². The van der Waals surface area contributed by atoms with E-state index in [9.17, 15) is 10.0 Å². The molecule has 2 N–H and O–H groups in total. The van der Waals surface area contributed by atoms with Crippen molar-refractivity contribution in [3.8, 4) is 5.75 Å². The van der Waals surface area contributed by atoms with Crippen LogP contribution in [0.15, 0.2) is 18.2 Å². The van der Waals surface area contributed by atoms with Crippen LogP contribution < -0.4 is 10.2 Å². The van der Waals surface area contributed by atoms with Crippen LogP contribution in [0.5, 0.6) is 5.75 Å². The van der Waals surface area contributed by atoms with E-state index >= 15 is 0 Å². The summed E-state index contributed by atoms with van der Waals surface area (Å²) in [6.45, 7) is 7.47. The third-order valence-corrected chi connectivity index (χ3v) is 3.75. The van der Waals surface area contributed by atoms with Gasteiger partial charge in [-0.1, -0.05) is 26.0 Å². The summed E-state index contributed by atoms with van der Waals surface area (Å²) in [5.41, 5.74) is 1.88. The number of benzene rings is 1. The Kier molecular flexibility index (Phi) is 4.18. The number of hydrogen-bond donors (Lipinski definition) is 2. The first-order valence-electron chi connectivity index (χ1n) is 6.66. The van der Waals surface area contributed by atoms with Crippen LogP contribution in [0.2, 0.25) is 0 Å². The largest absolute Gasteiger partial charge is 0.496 e. The molecule has 0 aliphatic carbocycles. The third-order valence-electron chi connectivity index (χ3n) is 3.75. The predicted octanol–water partition coefficient (Wildman–Crippen LogP) is 0.607. The maximum Gasteiger partial charge on any atom is 0.488 e. The summed E-state index contributed by atoms with van der Waals surface area (Å²) in [7, 11) is 0.210. The lowest BCUT2D eigenvalue weighted by atomic mass is 9.79. The first-order chi connectivity index (χ1) is 8.91. The molecular formula is C14H22BNO3. The van der Waals surface area contributed by atoms with Crippen LogP contribution in [0.3, 0.4) is 0 Å². The van der Waals surface area contributed by atoms with Crippen LogP contribution in [0.4, 0.5) is 0 Å². The number of ether oxygens (including phenoxy) is 1. The Morgan fingerprint density at radius 1 is 1.37 bits per heavy atom. The molecule has 0 amide bonds. The molecule has 2 rings (SSSR count). The summed E-state index contributed by atoms with van der Waals surface area (Å²) in [5.74, 6) is 0.800. The van der Waals surface area contributed by atoms with Crippen LogP contribution in [0.25, 0.3) is 0 Å². The number of likely N-dealkylation sites (tertiary alicyclic amines) is 1. The van der Waals surface area contributed by atoms with Crippen molar-refractivity contribution >= 4 is 12.6 Å². The molecular weight excluding hydrogens is 241 g/mol. The van der Waals surface area contributed by atoms with Crippen molar-refractivity contribution in [1.82, 2.24) is 4.90 Å². The van der Waals surface area contributed by atoms with Gasteiger partial charge in [0.05, 0.1) is 7.11 Å². The maximum absolute atomic E-state index is 9.26. The second-order valence-corrected chi connectivity index (χ2v) is 6.07. The Hall–Kier alpha value is -1.04. The average molecular weight is 263 g/mol. The van der Waals surface area contributed by atoms with Gasteiger partial charge in [-0.15, -0.1) is 0 Å². The van der Waals surface area contributed by atoms with Gasteiger partial charge in [0.25, 0.3) is 0 Å². The zero-order valence-electron chi connectivity index (χ0n) is 11.9. The number of methoxy groups -OCH3 is 1. The highest BCUT2D eigenvalue weighted by molar-refractivity contribution is 6.58. The zero-order valence-corrected chi connectivity index (χ0v) is 11.9. The second-order valence-electron chi connectivity index (χ2n) is 6.07. The number of rotatable bonds is 4. The lowest BCUT2D eigenvalue weighted by molar-refractivity contribution is 0.279. The molecule has 0 unspecified atom stereocenters. The Labute approximate surface area is 115 Å². The third kappa shape index (κ3) is 3.50. The molecule has 1 aromatic carbocycles. The normalized spacial score (nSPS) is 18.6. The molecule has 1 aliphatic rings. The molecule has 1 aliphatic heterocycles. The predicted molar refractivity (Wildman–Crippen MR) is 76.5 cm³/mol. The summed E-state index contributed by atoms with van der Waals surface area (Å²) in [6, 6.07) is 5.29. The van der Waals surface area contributed by atoms with Crippen molar-refractivity contribution in [2.75, 3.05) is 20.2 Å². The minimum Gasteiger partial charge on any atom is -0.496 e.